The SMILES string of the molecule is Nn1c(S[C@@H]2CCOC2=O)nnc1-c1ccccc1Cl. The number of carbonyl (C=O) groups excluding carboxylic acids is 1. The number of hydrogen-bond acceptors (Lipinski definition) is 6. The monoisotopic (exact) mass is 310 g/mol. The number of aromatic nitrogens is 3. The average molecular weight is 311 g/mol. The summed E-state index contributed by atoms with van der Waals surface area (Å²) < 4.78 is 6.25. The van der Waals surface area contributed by atoms with Crippen LogP contribution in [0, 0.1) is 0 Å². The van der Waals surface area contributed by atoms with Crippen LogP contribution in [-0.4, -0.2) is 32.7 Å². The highest BCUT2D eigenvalue weighted by atomic mass is 35.5. The number of esters is 1. The second kappa shape index (κ2) is 5.34. The number of nitrogens with two attached hydrogens (primary N) is 1. The summed E-state index contributed by atoms with van der Waals surface area (Å²) in [5.41, 5.74) is 0.699. The van der Waals surface area contributed by atoms with Crippen LogP contribution in [0.25, 0.3) is 11.4 Å². The van der Waals surface area contributed by atoms with E-state index in [-0.39, 0.29) is 11.2 Å². The number of halogens is 1. The van der Waals surface area contributed by atoms with E-state index in [2.05, 4.69) is 10.2 Å². The van der Waals surface area contributed by atoms with E-state index in [0.717, 1.165) is 0 Å². The van der Waals surface area contributed by atoms with Gasteiger partial charge in [0.25, 0.3) is 0 Å². The first-order valence-electron chi connectivity index (χ1n) is 5.95. The average Bonchev–Trinajstić information content (AvgIpc) is 2.99. The molecule has 0 saturated carbocycles. The molecule has 0 radical (unpaired) electrons. The third kappa shape index (κ3) is 2.34. The van der Waals surface area contributed by atoms with Gasteiger partial charge in [-0.15, -0.1) is 10.2 Å². The maximum atomic E-state index is 11.5. The Morgan fingerprint density at radius 1 is 1.40 bits per heavy atom. The molecular formula is C12H11ClN4O2S. The van der Waals surface area contributed by atoms with Crippen LogP contribution in [0.5, 0.6) is 0 Å². The maximum Gasteiger partial charge on any atom is 0.319 e. The van der Waals surface area contributed by atoms with Gasteiger partial charge in [-0.1, -0.05) is 35.5 Å². The molecule has 1 aromatic carbocycles. The molecule has 3 rings (SSSR count). The van der Waals surface area contributed by atoms with Crippen molar-refractivity contribution in [1.82, 2.24) is 14.9 Å². The van der Waals surface area contributed by atoms with Gasteiger partial charge in [-0.25, -0.2) is 4.68 Å². The molecule has 2 N–H and O–H groups in total. The van der Waals surface area contributed by atoms with Gasteiger partial charge >= 0.3 is 5.97 Å². The van der Waals surface area contributed by atoms with E-state index in [9.17, 15) is 4.79 Å². The minimum absolute atomic E-state index is 0.239. The molecule has 6 nitrogen and oxygen atoms in total. The lowest BCUT2D eigenvalue weighted by atomic mass is 10.2. The van der Waals surface area contributed by atoms with Crippen molar-refractivity contribution in [3.8, 4) is 11.4 Å². The van der Waals surface area contributed by atoms with Crippen LogP contribution in [0.2, 0.25) is 5.02 Å². The van der Waals surface area contributed by atoms with Crippen LogP contribution in [0.1, 0.15) is 6.42 Å². The standard InChI is InChI=1S/C12H11ClN4O2S/c13-8-4-2-1-3-7(8)10-15-16-12(17(10)14)20-9-5-6-19-11(9)18/h1-4,9H,5-6,14H2/t9-/m1/s1. The summed E-state index contributed by atoms with van der Waals surface area (Å²) >= 11 is 7.37. The Hall–Kier alpha value is -1.73. The van der Waals surface area contributed by atoms with Crippen LogP contribution in [-0.2, 0) is 9.53 Å². The highest BCUT2D eigenvalue weighted by Gasteiger charge is 2.30. The van der Waals surface area contributed by atoms with Gasteiger partial charge in [0.2, 0.25) is 5.16 Å². The van der Waals surface area contributed by atoms with Gasteiger partial charge in [0.15, 0.2) is 5.82 Å². The molecule has 20 heavy (non-hydrogen) atoms. The Balaban J connectivity index is 1.89. The van der Waals surface area contributed by atoms with Gasteiger partial charge in [-0.05, 0) is 12.1 Å². The number of nitrogen functional groups attached to an aromatic ring is 1. The summed E-state index contributed by atoms with van der Waals surface area (Å²) in [7, 11) is 0. The van der Waals surface area contributed by atoms with Crippen molar-refractivity contribution >= 4 is 29.3 Å². The van der Waals surface area contributed by atoms with Gasteiger partial charge in [-0.3, -0.25) is 4.79 Å². The van der Waals surface area contributed by atoms with E-state index in [1.807, 2.05) is 18.2 Å². The van der Waals surface area contributed by atoms with Crippen molar-refractivity contribution < 1.29 is 9.53 Å². The van der Waals surface area contributed by atoms with Crippen LogP contribution in [0.15, 0.2) is 29.4 Å². The normalized spacial score (nSPS) is 18.2. The van der Waals surface area contributed by atoms with Gasteiger partial charge in [0.05, 0.1) is 11.6 Å². The number of hydrogen-bond donors (Lipinski definition) is 1. The molecule has 0 aliphatic carbocycles. The zero-order chi connectivity index (χ0) is 14.1. The minimum Gasteiger partial charge on any atom is -0.465 e. The molecule has 0 unspecified atom stereocenters. The fraction of sp³-hybridized carbons (Fsp3) is 0.250. The van der Waals surface area contributed by atoms with Gasteiger partial charge in [0, 0.05) is 12.0 Å². The highest BCUT2D eigenvalue weighted by Crippen LogP contribution is 2.31. The number of rotatable bonds is 3. The molecule has 1 fully saturated rings. The van der Waals surface area contributed by atoms with Crippen molar-refractivity contribution in [2.24, 2.45) is 0 Å². The van der Waals surface area contributed by atoms with Crippen molar-refractivity contribution in [3.05, 3.63) is 29.3 Å². The molecule has 1 saturated heterocycles. The van der Waals surface area contributed by atoms with Crippen LogP contribution in [0.3, 0.4) is 0 Å². The predicted octanol–water partition coefficient (Wildman–Crippen LogP) is 1.72. The van der Waals surface area contributed by atoms with Crippen molar-refractivity contribution in [1.29, 1.82) is 0 Å². The van der Waals surface area contributed by atoms with Crippen LogP contribution < -0.4 is 5.84 Å². The summed E-state index contributed by atoms with van der Waals surface area (Å²) in [5, 5.41) is 8.79. The topological polar surface area (TPSA) is 83.0 Å². The largest absolute Gasteiger partial charge is 0.465 e. The van der Waals surface area contributed by atoms with Crippen LogP contribution >= 0.6 is 23.4 Å². The lowest BCUT2D eigenvalue weighted by molar-refractivity contribution is -0.137. The van der Waals surface area contributed by atoms with Gasteiger partial charge in [0.1, 0.15) is 5.25 Å². The molecule has 0 spiro atoms. The number of carbonyl (C=O) groups is 1. The molecular weight excluding hydrogens is 300 g/mol. The Bertz CT molecular complexity index is 661. The molecule has 1 atom stereocenters. The molecule has 104 valence electrons. The van der Waals surface area contributed by atoms with E-state index < -0.39 is 0 Å². The first-order valence-corrected chi connectivity index (χ1v) is 7.21. The van der Waals surface area contributed by atoms with E-state index >= 15 is 0 Å². The highest BCUT2D eigenvalue weighted by molar-refractivity contribution is 8.00. The Morgan fingerprint density at radius 2 is 2.20 bits per heavy atom. The molecule has 1 aromatic heterocycles. The summed E-state index contributed by atoms with van der Waals surface area (Å²) in [6.07, 6.45) is 0.651. The van der Waals surface area contributed by atoms with E-state index in [0.29, 0.717) is 34.6 Å². The van der Waals surface area contributed by atoms with Crippen molar-refractivity contribution in [2.45, 2.75) is 16.8 Å². The fourth-order valence-corrected chi connectivity index (χ4v) is 3.04. The van der Waals surface area contributed by atoms with E-state index in [4.69, 9.17) is 22.2 Å². The van der Waals surface area contributed by atoms with Crippen molar-refractivity contribution in [3.63, 3.8) is 0 Å². The zero-order valence-corrected chi connectivity index (χ0v) is 11.9. The third-order valence-electron chi connectivity index (χ3n) is 2.91. The maximum absolute atomic E-state index is 11.5. The summed E-state index contributed by atoms with van der Waals surface area (Å²) in [6, 6.07) is 7.24. The van der Waals surface area contributed by atoms with E-state index in [1.165, 1.54) is 16.4 Å². The third-order valence-corrected chi connectivity index (χ3v) is 4.45. The van der Waals surface area contributed by atoms with E-state index in [1.54, 1.807) is 6.07 Å². The molecule has 1 aliphatic heterocycles. The van der Waals surface area contributed by atoms with Crippen LogP contribution in [0.4, 0.5) is 0 Å². The molecule has 1 aliphatic rings. The number of thioether (sulfide) groups is 1. The summed E-state index contributed by atoms with van der Waals surface area (Å²) in [4.78, 5) is 11.5. The number of benzene rings is 1. The Morgan fingerprint density at radius 3 is 2.90 bits per heavy atom. The van der Waals surface area contributed by atoms with Crippen molar-refractivity contribution in [2.75, 3.05) is 12.4 Å². The zero-order valence-electron chi connectivity index (χ0n) is 10.3. The smallest absolute Gasteiger partial charge is 0.319 e. The Kier molecular flexibility index (Phi) is 3.54. The molecule has 0 bridgehead atoms. The molecule has 8 heteroatoms. The molecule has 0 amide bonds. The fourth-order valence-electron chi connectivity index (χ4n) is 1.90. The second-order valence-electron chi connectivity index (χ2n) is 4.22. The molecule has 2 aromatic rings. The first kappa shape index (κ1) is 13.3. The number of cyclic esters (lactones) is 1. The lowest BCUT2D eigenvalue weighted by Crippen LogP contribution is -2.15. The van der Waals surface area contributed by atoms with Gasteiger partial charge < -0.3 is 10.6 Å². The first-order chi connectivity index (χ1) is 9.66. The summed E-state index contributed by atoms with van der Waals surface area (Å²) in [5.74, 6) is 6.21. The number of nitrogens with zero attached hydrogens (tertiary/aromatic N) is 3. The minimum atomic E-state index is -0.277. The lowest BCUT2D eigenvalue weighted by Gasteiger charge is -2.06. The Labute approximate surface area is 124 Å². The second-order valence-corrected chi connectivity index (χ2v) is 5.80. The summed E-state index contributed by atoms with van der Waals surface area (Å²) in [6.45, 7) is 0.437. The van der Waals surface area contributed by atoms with Gasteiger partial charge in [-0.2, -0.15) is 0 Å². The quantitative estimate of drug-likeness (QED) is 0.686. The molecule has 2 heterocycles. The number of ether oxygens (including phenoxy) is 1. The predicted molar refractivity (Wildman–Crippen MR) is 75.8 cm³/mol.